The molecule has 0 aliphatic carbocycles. The minimum absolute atomic E-state index is 0.445. The van der Waals surface area contributed by atoms with Crippen LogP contribution in [-0.2, 0) is 9.47 Å². The number of halogens is 1. The molecule has 3 nitrogen and oxygen atoms in total. The molecule has 5 heteroatoms. The molecule has 0 saturated carbocycles. The van der Waals surface area contributed by atoms with E-state index in [1.54, 1.807) is 14.2 Å². The van der Waals surface area contributed by atoms with Crippen LogP contribution in [0.4, 0.5) is 0 Å². The van der Waals surface area contributed by atoms with E-state index >= 15 is 0 Å². The number of rotatable bonds is 7. The van der Waals surface area contributed by atoms with Gasteiger partial charge in [0, 0.05) is 21.9 Å². The van der Waals surface area contributed by atoms with Gasteiger partial charge in [0.15, 0.2) is 11.5 Å². The summed E-state index contributed by atoms with van der Waals surface area (Å²) in [6, 6.07) is 20.8. The molecule has 1 heterocycles. The van der Waals surface area contributed by atoms with Crippen molar-refractivity contribution in [3.63, 3.8) is 0 Å². The van der Waals surface area contributed by atoms with Crippen LogP contribution in [-0.4, -0.2) is 25.9 Å². The van der Waals surface area contributed by atoms with E-state index in [1.807, 2.05) is 30.3 Å². The number of nitrogens with zero attached hydrogens (tertiary/aromatic N) is 1. The molecule has 0 radical (unpaired) electrons. The Morgan fingerprint density at radius 1 is 1.04 bits per heavy atom. The van der Waals surface area contributed by atoms with E-state index in [1.165, 1.54) is 5.56 Å². The number of benzene rings is 2. The third-order valence-electron chi connectivity index (χ3n) is 4.94. The summed E-state index contributed by atoms with van der Waals surface area (Å²) in [5.74, 6) is 2.08. The molecule has 2 atom stereocenters. The monoisotopic (exact) mass is 413 g/mol. The lowest BCUT2D eigenvalue weighted by Crippen LogP contribution is -2.13. The van der Waals surface area contributed by atoms with Gasteiger partial charge in [-0.3, -0.25) is 0 Å². The Balaban J connectivity index is 2.29. The molecule has 0 amide bonds. The molecule has 1 aliphatic rings. The molecule has 146 valence electrons. The smallest absolute Gasteiger partial charge is 0.171 e. The van der Waals surface area contributed by atoms with E-state index in [0.717, 1.165) is 21.1 Å². The molecule has 0 aromatic heterocycles. The van der Waals surface area contributed by atoms with Crippen LogP contribution in [0.15, 0.2) is 81.3 Å². The molecule has 0 fully saturated rings. The first-order valence-corrected chi connectivity index (χ1v) is 11.4. The van der Waals surface area contributed by atoms with E-state index < -0.39 is 15.9 Å². The van der Waals surface area contributed by atoms with E-state index in [0.29, 0.717) is 17.4 Å². The Morgan fingerprint density at radius 3 is 2.25 bits per heavy atom. The first-order chi connectivity index (χ1) is 13.6. The standard InChI is InChI=1S/C23H24ClNO2S/c1-17-9-11-19(12-10-17)28(14-13-24)16-21(26-2)22(27-3)23(28)20(15-25)18-7-5-4-6-8-18/h4-12,16,20H,13-14H2,1-3H3. The predicted molar refractivity (Wildman–Crippen MR) is 117 cm³/mol. The number of nitriles is 1. The van der Waals surface area contributed by atoms with Gasteiger partial charge in [0.25, 0.3) is 0 Å². The number of alkyl halides is 1. The van der Waals surface area contributed by atoms with Crippen LogP contribution >= 0.6 is 21.6 Å². The Labute approximate surface area is 173 Å². The highest BCUT2D eigenvalue weighted by Crippen LogP contribution is 2.71. The zero-order valence-electron chi connectivity index (χ0n) is 16.3. The van der Waals surface area contributed by atoms with Gasteiger partial charge in [0.05, 0.1) is 20.3 Å². The van der Waals surface area contributed by atoms with Crippen LogP contribution < -0.4 is 0 Å². The molecule has 0 bridgehead atoms. The molecule has 2 aromatic rings. The first-order valence-electron chi connectivity index (χ1n) is 9.03. The molecule has 2 aromatic carbocycles. The van der Waals surface area contributed by atoms with E-state index in [2.05, 4.69) is 42.7 Å². The van der Waals surface area contributed by atoms with Crippen LogP contribution in [0.3, 0.4) is 0 Å². The summed E-state index contributed by atoms with van der Waals surface area (Å²) in [6.07, 6.45) is 0. The minimum atomic E-state index is -1.72. The summed E-state index contributed by atoms with van der Waals surface area (Å²) in [5.41, 5.74) is 2.13. The maximum Gasteiger partial charge on any atom is 0.171 e. The zero-order valence-corrected chi connectivity index (χ0v) is 17.9. The predicted octanol–water partition coefficient (Wildman–Crippen LogP) is 6.06. The van der Waals surface area contributed by atoms with Gasteiger partial charge in [-0.05, 0) is 29.5 Å². The number of hydrogen-bond acceptors (Lipinski definition) is 3. The molecule has 0 N–H and O–H groups in total. The number of ether oxygens (including phenoxy) is 2. The SMILES string of the molecule is COC1=CS(CCCl)(c2ccc(C)cc2)C(C(C#N)c2ccccc2)=C1OC. The maximum absolute atomic E-state index is 10.2. The number of hydrogen-bond donors (Lipinski definition) is 0. The summed E-state index contributed by atoms with van der Waals surface area (Å²) in [4.78, 5) is 2.12. The molecular weight excluding hydrogens is 390 g/mol. The largest absolute Gasteiger partial charge is 0.492 e. The van der Waals surface area contributed by atoms with Crippen LogP contribution in [0.5, 0.6) is 0 Å². The van der Waals surface area contributed by atoms with Crippen LogP contribution in [0, 0.1) is 18.3 Å². The van der Waals surface area contributed by atoms with Gasteiger partial charge in [-0.1, -0.05) is 48.0 Å². The van der Waals surface area contributed by atoms with E-state index in [9.17, 15) is 5.26 Å². The third-order valence-corrected chi connectivity index (χ3v) is 9.13. The molecule has 0 saturated heterocycles. The van der Waals surface area contributed by atoms with Crippen molar-refractivity contribution < 1.29 is 9.47 Å². The normalized spacial score (nSPS) is 22.0. The zero-order chi connectivity index (χ0) is 20.1. The Kier molecular flexibility index (Phi) is 6.39. The lowest BCUT2D eigenvalue weighted by atomic mass is 9.99. The highest BCUT2D eigenvalue weighted by molar-refractivity contribution is 8.39. The van der Waals surface area contributed by atoms with Gasteiger partial charge in [-0.2, -0.15) is 15.3 Å². The summed E-state index contributed by atoms with van der Waals surface area (Å²) in [7, 11) is 1.55. The van der Waals surface area contributed by atoms with Gasteiger partial charge in [-0.25, -0.2) is 0 Å². The van der Waals surface area contributed by atoms with Crippen molar-refractivity contribution in [2.24, 2.45) is 0 Å². The van der Waals surface area contributed by atoms with Gasteiger partial charge < -0.3 is 9.47 Å². The average Bonchev–Trinajstić information content (AvgIpc) is 3.04. The van der Waals surface area contributed by atoms with Crippen molar-refractivity contribution in [3.8, 4) is 6.07 Å². The lowest BCUT2D eigenvalue weighted by molar-refractivity contribution is 0.220. The number of aryl methyl sites for hydroxylation is 1. The Morgan fingerprint density at radius 2 is 1.71 bits per heavy atom. The third kappa shape index (κ3) is 3.53. The fourth-order valence-electron chi connectivity index (χ4n) is 3.58. The molecular formula is C23H24ClNO2S. The number of allylic oxidation sites excluding steroid dienone is 1. The van der Waals surface area contributed by atoms with Crippen molar-refractivity contribution in [3.05, 3.63) is 87.6 Å². The molecule has 28 heavy (non-hydrogen) atoms. The second kappa shape index (κ2) is 8.77. The highest BCUT2D eigenvalue weighted by atomic mass is 35.5. The van der Waals surface area contributed by atoms with Crippen LogP contribution in [0.25, 0.3) is 0 Å². The fourth-order valence-corrected chi connectivity index (χ4v) is 7.96. The quantitative estimate of drug-likeness (QED) is 0.517. The van der Waals surface area contributed by atoms with Gasteiger partial charge in [0.1, 0.15) is 5.92 Å². The van der Waals surface area contributed by atoms with Crippen molar-refractivity contribution in [2.75, 3.05) is 25.9 Å². The summed E-state index contributed by atoms with van der Waals surface area (Å²) in [5, 5.41) is 12.3. The Hall–Kier alpha value is -2.35. The van der Waals surface area contributed by atoms with Crippen molar-refractivity contribution in [2.45, 2.75) is 17.7 Å². The highest BCUT2D eigenvalue weighted by Gasteiger charge is 2.43. The first kappa shape index (κ1) is 20.4. The average molecular weight is 414 g/mol. The molecule has 2 unspecified atom stereocenters. The van der Waals surface area contributed by atoms with Crippen molar-refractivity contribution >= 4 is 21.6 Å². The molecule has 1 aliphatic heterocycles. The lowest BCUT2D eigenvalue weighted by Gasteiger charge is -2.38. The van der Waals surface area contributed by atoms with Gasteiger partial charge in [-0.15, -0.1) is 11.6 Å². The van der Waals surface area contributed by atoms with Crippen molar-refractivity contribution in [1.29, 1.82) is 5.26 Å². The van der Waals surface area contributed by atoms with E-state index in [4.69, 9.17) is 21.1 Å². The van der Waals surface area contributed by atoms with Crippen molar-refractivity contribution in [1.82, 2.24) is 0 Å². The fraction of sp³-hybridized carbons (Fsp3) is 0.261. The van der Waals surface area contributed by atoms with Gasteiger partial charge >= 0.3 is 0 Å². The Bertz CT molecular complexity index is 931. The summed E-state index contributed by atoms with van der Waals surface area (Å²) < 4.78 is 11.5. The van der Waals surface area contributed by atoms with Gasteiger partial charge in [0.2, 0.25) is 0 Å². The van der Waals surface area contributed by atoms with Crippen LogP contribution in [0.1, 0.15) is 17.0 Å². The summed E-state index contributed by atoms with van der Waals surface area (Å²) in [6.45, 7) is 2.07. The second-order valence-electron chi connectivity index (χ2n) is 6.56. The summed E-state index contributed by atoms with van der Waals surface area (Å²) >= 11 is 6.30. The molecule has 3 rings (SSSR count). The maximum atomic E-state index is 10.2. The van der Waals surface area contributed by atoms with Crippen LogP contribution in [0.2, 0.25) is 0 Å². The van der Waals surface area contributed by atoms with E-state index in [-0.39, 0.29) is 0 Å². The topological polar surface area (TPSA) is 42.2 Å². The molecule has 0 spiro atoms. The minimum Gasteiger partial charge on any atom is -0.492 e. The second-order valence-corrected chi connectivity index (χ2v) is 10.1. The number of methoxy groups -OCH3 is 2.